The summed E-state index contributed by atoms with van der Waals surface area (Å²) in [5.74, 6) is 2.68. The number of rotatable bonds is 1. The number of H-pyrrole nitrogens is 1. The predicted octanol–water partition coefficient (Wildman–Crippen LogP) is 2.17. The highest BCUT2D eigenvalue weighted by atomic mass is 32.2. The van der Waals surface area contributed by atoms with Gasteiger partial charge in [0.2, 0.25) is 0 Å². The number of fused-ring (bicyclic) bond motifs is 3. The van der Waals surface area contributed by atoms with Gasteiger partial charge in [-0.25, -0.2) is 4.98 Å². The summed E-state index contributed by atoms with van der Waals surface area (Å²) in [6.07, 6.45) is 4.54. The van der Waals surface area contributed by atoms with E-state index in [0.717, 1.165) is 33.7 Å². The van der Waals surface area contributed by atoms with Gasteiger partial charge in [0.15, 0.2) is 0 Å². The standard InChI is InChI=1S/C13H12N4OS2/c1-17-5-7(4-14-17)11-15-12(18)10-8-2-3-19-6-9(8)20-13(10)16-11/h4-5H,2-3,6H2,1H3,(H,15,16,18). The highest BCUT2D eigenvalue weighted by Crippen LogP contribution is 2.35. The molecule has 0 bridgehead atoms. The number of aromatic amines is 1. The van der Waals surface area contributed by atoms with Crippen LogP contribution in [0.5, 0.6) is 0 Å². The Hall–Kier alpha value is -1.60. The summed E-state index contributed by atoms with van der Waals surface area (Å²) >= 11 is 3.57. The molecular weight excluding hydrogens is 292 g/mol. The fraction of sp³-hybridized carbons (Fsp3) is 0.308. The van der Waals surface area contributed by atoms with Crippen LogP contribution in [0.2, 0.25) is 0 Å². The molecule has 0 fully saturated rings. The van der Waals surface area contributed by atoms with Gasteiger partial charge in [-0.2, -0.15) is 16.9 Å². The summed E-state index contributed by atoms with van der Waals surface area (Å²) in [6, 6.07) is 0. The van der Waals surface area contributed by atoms with Crippen LogP contribution in [0.4, 0.5) is 0 Å². The molecule has 3 aromatic heterocycles. The molecule has 4 heterocycles. The van der Waals surface area contributed by atoms with E-state index >= 15 is 0 Å². The van der Waals surface area contributed by atoms with Crippen molar-refractivity contribution >= 4 is 33.3 Å². The smallest absolute Gasteiger partial charge is 0.260 e. The lowest BCUT2D eigenvalue weighted by molar-refractivity contribution is 0.768. The van der Waals surface area contributed by atoms with Crippen LogP contribution in [-0.2, 0) is 19.2 Å². The summed E-state index contributed by atoms with van der Waals surface area (Å²) in [7, 11) is 1.85. The fourth-order valence-corrected chi connectivity index (χ4v) is 4.86. The zero-order valence-electron chi connectivity index (χ0n) is 10.8. The Morgan fingerprint density at radius 3 is 3.15 bits per heavy atom. The van der Waals surface area contributed by atoms with E-state index in [-0.39, 0.29) is 5.56 Å². The summed E-state index contributed by atoms with van der Waals surface area (Å²) in [6.45, 7) is 0. The highest BCUT2D eigenvalue weighted by Gasteiger charge is 2.20. The van der Waals surface area contributed by atoms with Crippen molar-refractivity contribution in [3.05, 3.63) is 33.2 Å². The third-order valence-electron chi connectivity index (χ3n) is 3.45. The molecule has 0 spiro atoms. The SMILES string of the molecule is Cn1cc(-c2nc3sc4c(c3c(=O)[nH]2)CCSC4)cn1. The largest absolute Gasteiger partial charge is 0.306 e. The molecule has 1 aliphatic rings. The lowest BCUT2D eigenvalue weighted by atomic mass is 10.1. The van der Waals surface area contributed by atoms with Gasteiger partial charge in [0.1, 0.15) is 10.7 Å². The van der Waals surface area contributed by atoms with Crippen LogP contribution < -0.4 is 5.56 Å². The zero-order valence-corrected chi connectivity index (χ0v) is 12.5. The van der Waals surface area contributed by atoms with Crippen molar-refractivity contribution in [3.63, 3.8) is 0 Å². The second-order valence-corrected chi connectivity index (χ2v) is 6.99. The van der Waals surface area contributed by atoms with Gasteiger partial charge < -0.3 is 4.98 Å². The van der Waals surface area contributed by atoms with Gasteiger partial charge in [0.05, 0.1) is 17.1 Å². The molecule has 0 saturated heterocycles. The topological polar surface area (TPSA) is 63.6 Å². The van der Waals surface area contributed by atoms with Crippen LogP contribution in [0.25, 0.3) is 21.6 Å². The minimum Gasteiger partial charge on any atom is -0.306 e. The molecule has 0 radical (unpaired) electrons. The molecule has 0 aliphatic carbocycles. The molecule has 0 aromatic carbocycles. The van der Waals surface area contributed by atoms with Gasteiger partial charge in [-0.05, 0) is 17.7 Å². The van der Waals surface area contributed by atoms with Crippen molar-refractivity contribution in [1.82, 2.24) is 19.7 Å². The number of hydrogen-bond acceptors (Lipinski definition) is 5. The minimum absolute atomic E-state index is 0.0294. The van der Waals surface area contributed by atoms with E-state index in [1.807, 2.05) is 25.0 Å². The first-order valence-corrected chi connectivity index (χ1v) is 8.31. The highest BCUT2D eigenvalue weighted by molar-refractivity contribution is 7.98. The molecule has 0 atom stereocenters. The number of hydrogen-bond donors (Lipinski definition) is 1. The molecule has 0 unspecified atom stereocenters. The van der Waals surface area contributed by atoms with Gasteiger partial charge in [-0.15, -0.1) is 11.3 Å². The van der Waals surface area contributed by atoms with Gasteiger partial charge in [0.25, 0.3) is 5.56 Å². The van der Waals surface area contributed by atoms with Crippen molar-refractivity contribution < 1.29 is 0 Å². The maximum atomic E-state index is 12.4. The van der Waals surface area contributed by atoms with E-state index in [2.05, 4.69) is 15.1 Å². The first-order chi connectivity index (χ1) is 9.72. The molecule has 20 heavy (non-hydrogen) atoms. The molecule has 7 heteroatoms. The van der Waals surface area contributed by atoms with E-state index < -0.39 is 0 Å². The van der Waals surface area contributed by atoms with Gasteiger partial charge in [-0.3, -0.25) is 9.48 Å². The lowest BCUT2D eigenvalue weighted by Gasteiger charge is -2.09. The second-order valence-electron chi connectivity index (χ2n) is 4.80. The number of nitrogens with zero attached hydrogens (tertiary/aromatic N) is 3. The number of nitrogens with one attached hydrogen (secondary N) is 1. The summed E-state index contributed by atoms with van der Waals surface area (Å²) in [5.41, 5.74) is 2.01. The van der Waals surface area contributed by atoms with Crippen LogP contribution in [-0.4, -0.2) is 25.5 Å². The summed E-state index contributed by atoms with van der Waals surface area (Å²) < 4.78 is 1.70. The van der Waals surface area contributed by atoms with E-state index in [0.29, 0.717) is 5.82 Å². The van der Waals surface area contributed by atoms with Crippen molar-refractivity contribution in [3.8, 4) is 11.4 Å². The average Bonchev–Trinajstić information content (AvgIpc) is 3.01. The molecule has 1 aliphatic heterocycles. The normalized spacial score (nSPS) is 14.7. The molecule has 102 valence electrons. The van der Waals surface area contributed by atoms with Crippen LogP contribution in [0.3, 0.4) is 0 Å². The number of thioether (sulfide) groups is 1. The Bertz CT molecular complexity index is 861. The number of aromatic nitrogens is 4. The lowest BCUT2D eigenvalue weighted by Crippen LogP contribution is -2.11. The average molecular weight is 304 g/mol. The molecule has 0 saturated carbocycles. The van der Waals surface area contributed by atoms with Gasteiger partial charge in [-0.1, -0.05) is 0 Å². The van der Waals surface area contributed by atoms with Crippen molar-refractivity contribution in [2.45, 2.75) is 12.2 Å². The Labute approximate surface area is 123 Å². The second kappa shape index (κ2) is 4.46. The third-order valence-corrected chi connectivity index (χ3v) is 5.75. The monoisotopic (exact) mass is 304 g/mol. The third kappa shape index (κ3) is 1.81. The molecule has 1 N–H and O–H groups in total. The summed E-state index contributed by atoms with van der Waals surface area (Å²) in [4.78, 5) is 22.1. The van der Waals surface area contributed by atoms with Crippen LogP contribution in [0, 0.1) is 0 Å². The first-order valence-electron chi connectivity index (χ1n) is 6.34. The Balaban J connectivity index is 1.97. The Morgan fingerprint density at radius 2 is 2.35 bits per heavy atom. The van der Waals surface area contributed by atoms with Crippen LogP contribution in [0.1, 0.15) is 10.4 Å². The number of aryl methyl sites for hydroxylation is 2. The molecule has 5 nitrogen and oxygen atoms in total. The van der Waals surface area contributed by atoms with Gasteiger partial charge in [0, 0.05) is 23.9 Å². The van der Waals surface area contributed by atoms with Crippen molar-refractivity contribution in [2.75, 3.05) is 5.75 Å². The first kappa shape index (κ1) is 12.2. The number of thiophene rings is 1. The maximum Gasteiger partial charge on any atom is 0.260 e. The van der Waals surface area contributed by atoms with E-state index in [4.69, 9.17) is 0 Å². The predicted molar refractivity (Wildman–Crippen MR) is 82.3 cm³/mol. The van der Waals surface area contributed by atoms with Crippen molar-refractivity contribution in [1.29, 1.82) is 0 Å². The van der Waals surface area contributed by atoms with E-state index in [1.54, 1.807) is 22.2 Å². The van der Waals surface area contributed by atoms with Crippen LogP contribution >= 0.6 is 23.1 Å². The molecule has 4 rings (SSSR count). The van der Waals surface area contributed by atoms with E-state index in [1.165, 1.54) is 10.4 Å². The maximum absolute atomic E-state index is 12.4. The van der Waals surface area contributed by atoms with Crippen LogP contribution in [0.15, 0.2) is 17.2 Å². The summed E-state index contributed by atoms with van der Waals surface area (Å²) in [5, 5.41) is 4.91. The zero-order chi connectivity index (χ0) is 13.7. The quantitative estimate of drug-likeness (QED) is 0.748. The van der Waals surface area contributed by atoms with Gasteiger partial charge >= 0.3 is 0 Å². The van der Waals surface area contributed by atoms with E-state index in [9.17, 15) is 4.79 Å². The Kier molecular flexibility index (Phi) is 2.71. The Morgan fingerprint density at radius 1 is 1.45 bits per heavy atom. The molecular formula is C13H12N4OS2. The van der Waals surface area contributed by atoms with Crippen molar-refractivity contribution in [2.24, 2.45) is 7.05 Å². The molecule has 0 amide bonds. The fourth-order valence-electron chi connectivity index (χ4n) is 2.51. The molecule has 3 aromatic rings. The minimum atomic E-state index is -0.0294.